The van der Waals surface area contributed by atoms with Crippen molar-refractivity contribution in [2.45, 2.75) is 45.2 Å². The molecule has 0 aromatic heterocycles. The molecule has 2 N–H and O–H groups in total. The molecule has 0 bridgehead atoms. The number of anilines is 1. The Morgan fingerprint density at radius 1 is 1.32 bits per heavy atom. The molecule has 1 unspecified atom stereocenters. The Morgan fingerprint density at radius 2 is 2.00 bits per heavy atom. The van der Waals surface area contributed by atoms with Crippen LogP contribution in [0.5, 0.6) is 0 Å². The van der Waals surface area contributed by atoms with Crippen LogP contribution in [0.4, 0.5) is 5.69 Å². The molecular weight excluding hydrogens is 236 g/mol. The summed E-state index contributed by atoms with van der Waals surface area (Å²) in [6.45, 7) is 8.73. The minimum atomic E-state index is 0.0601. The van der Waals surface area contributed by atoms with Crippen LogP contribution in [0.2, 0.25) is 0 Å². The molecule has 19 heavy (non-hydrogen) atoms. The summed E-state index contributed by atoms with van der Waals surface area (Å²) in [6, 6.07) is 8.91. The lowest BCUT2D eigenvalue weighted by molar-refractivity contribution is 0.245. The Kier molecular flexibility index (Phi) is 4.48. The predicted octanol–water partition coefficient (Wildman–Crippen LogP) is 2.19. The number of aryl methyl sites for hydroxylation is 1. The molecule has 2 rings (SSSR count). The third-order valence-corrected chi connectivity index (χ3v) is 4.14. The summed E-state index contributed by atoms with van der Waals surface area (Å²) in [4.78, 5) is 2.38. The van der Waals surface area contributed by atoms with Gasteiger partial charge in [-0.2, -0.15) is 0 Å². The van der Waals surface area contributed by atoms with Crippen molar-refractivity contribution in [3.63, 3.8) is 0 Å². The Hall–Kier alpha value is -1.06. The standard InChI is InChI=1S/C16H26N2O/c1-4-13-5-7-14(8-6-13)18-15(12-19)11-17-10-9-16(18,2)3/h5-8,15,17,19H,4,9-12H2,1-3H3. The van der Waals surface area contributed by atoms with Gasteiger partial charge in [-0.15, -0.1) is 0 Å². The van der Waals surface area contributed by atoms with Crippen LogP contribution in [0, 0.1) is 0 Å². The average Bonchev–Trinajstić information content (AvgIpc) is 2.56. The van der Waals surface area contributed by atoms with E-state index in [0.29, 0.717) is 0 Å². The van der Waals surface area contributed by atoms with Gasteiger partial charge >= 0.3 is 0 Å². The van der Waals surface area contributed by atoms with E-state index in [-0.39, 0.29) is 18.2 Å². The highest BCUT2D eigenvalue weighted by atomic mass is 16.3. The summed E-state index contributed by atoms with van der Waals surface area (Å²) < 4.78 is 0. The van der Waals surface area contributed by atoms with Gasteiger partial charge in [0.25, 0.3) is 0 Å². The Labute approximate surface area is 116 Å². The minimum absolute atomic E-state index is 0.0601. The third-order valence-electron chi connectivity index (χ3n) is 4.14. The van der Waals surface area contributed by atoms with Crippen molar-refractivity contribution in [3.05, 3.63) is 29.8 Å². The molecule has 0 amide bonds. The third kappa shape index (κ3) is 3.10. The van der Waals surface area contributed by atoms with Crippen LogP contribution < -0.4 is 10.2 Å². The molecule has 1 atom stereocenters. The highest BCUT2D eigenvalue weighted by molar-refractivity contribution is 5.51. The Balaban J connectivity index is 2.34. The maximum absolute atomic E-state index is 9.70. The summed E-state index contributed by atoms with van der Waals surface area (Å²) in [7, 11) is 0. The second-order valence-electron chi connectivity index (χ2n) is 5.99. The van der Waals surface area contributed by atoms with Gasteiger partial charge in [-0.1, -0.05) is 19.1 Å². The lowest BCUT2D eigenvalue weighted by Crippen LogP contribution is -2.52. The van der Waals surface area contributed by atoms with Crippen molar-refractivity contribution in [2.75, 3.05) is 24.6 Å². The van der Waals surface area contributed by atoms with Gasteiger partial charge in [-0.25, -0.2) is 0 Å². The van der Waals surface area contributed by atoms with E-state index in [1.54, 1.807) is 0 Å². The van der Waals surface area contributed by atoms with Gasteiger partial charge in [0.2, 0.25) is 0 Å². The fourth-order valence-corrected chi connectivity index (χ4v) is 2.97. The number of benzene rings is 1. The Bertz CT molecular complexity index is 400. The van der Waals surface area contributed by atoms with Crippen molar-refractivity contribution in [3.8, 4) is 0 Å². The summed E-state index contributed by atoms with van der Waals surface area (Å²) in [6.07, 6.45) is 2.15. The van der Waals surface area contributed by atoms with Crippen molar-refractivity contribution in [2.24, 2.45) is 0 Å². The molecule has 3 nitrogen and oxygen atoms in total. The fraction of sp³-hybridized carbons (Fsp3) is 0.625. The van der Waals surface area contributed by atoms with Crippen molar-refractivity contribution >= 4 is 5.69 Å². The van der Waals surface area contributed by atoms with Gasteiger partial charge in [0.05, 0.1) is 12.6 Å². The quantitative estimate of drug-likeness (QED) is 0.876. The van der Waals surface area contributed by atoms with Gasteiger partial charge < -0.3 is 15.3 Å². The zero-order chi connectivity index (χ0) is 13.9. The summed E-state index contributed by atoms with van der Waals surface area (Å²) in [5.74, 6) is 0. The highest BCUT2D eigenvalue weighted by Gasteiger charge is 2.34. The average molecular weight is 262 g/mol. The lowest BCUT2D eigenvalue weighted by atomic mass is 9.95. The number of aliphatic hydroxyl groups excluding tert-OH is 1. The smallest absolute Gasteiger partial charge is 0.0650 e. The molecule has 1 aromatic rings. The van der Waals surface area contributed by atoms with E-state index in [1.165, 1.54) is 11.3 Å². The van der Waals surface area contributed by atoms with Crippen molar-refractivity contribution < 1.29 is 5.11 Å². The number of hydrogen-bond donors (Lipinski definition) is 2. The second-order valence-corrected chi connectivity index (χ2v) is 5.99. The predicted molar refractivity (Wildman–Crippen MR) is 80.7 cm³/mol. The van der Waals surface area contributed by atoms with Crippen LogP contribution in [0.3, 0.4) is 0 Å². The molecule has 0 spiro atoms. The number of rotatable bonds is 3. The maximum atomic E-state index is 9.70. The molecule has 0 saturated carbocycles. The number of nitrogens with zero attached hydrogens (tertiary/aromatic N) is 1. The molecule has 3 heteroatoms. The van der Waals surface area contributed by atoms with Crippen molar-refractivity contribution in [1.29, 1.82) is 0 Å². The molecule has 1 saturated heterocycles. The highest BCUT2D eigenvalue weighted by Crippen LogP contribution is 2.30. The molecule has 1 fully saturated rings. The largest absolute Gasteiger partial charge is 0.394 e. The van der Waals surface area contributed by atoms with E-state index >= 15 is 0 Å². The zero-order valence-electron chi connectivity index (χ0n) is 12.3. The van der Waals surface area contributed by atoms with E-state index in [1.807, 2.05) is 0 Å². The summed E-state index contributed by atoms with van der Waals surface area (Å²) >= 11 is 0. The van der Waals surface area contributed by atoms with Crippen LogP contribution in [0.25, 0.3) is 0 Å². The molecular formula is C16H26N2O. The second kappa shape index (κ2) is 5.93. The fourth-order valence-electron chi connectivity index (χ4n) is 2.97. The van der Waals surface area contributed by atoms with Crippen LogP contribution in [-0.2, 0) is 6.42 Å². The first-order chi connectivity index (χ1) is 9.08. The van der Waals surface area contributed by atoms with Crippen LogP contribution in [0.1, 0.15) is 32.8 Å². The first kappa shape index (κ1) is 14.4. The first-order valence-corrected chi connectivity index (χ1v) is 7.28. The van der Waals surface area contributed by atoms with Gasteiger partial charge in [-0.05, 0) is 50.9 Å². The monoisotopic (exact) mass is 262 g/mol. The molecule has 1 aromatic carbocycles. The van der Waals surface area contributed by atoms with Crippen molar-refractivity contribution in [1.82, 2.24) is 5.32 Å². The molecule has 0 aliphatic carbocycles. The molecule has 1 aliphatic heterocycles. The first-order valence-electron chi connectivity index (χ1n) is 7.28. The number of nitrogens with one attached hydrogen (secondary N) is 1. The zero-order valence-corrected chi connectivity index (χ0v) is 12.3. The minimum Gasteiger partial charge on any atom is -0.394 e. The van der Waals surface area contributed by atoms with Crippen LogP contribution in [0.15, 0.2) is 24.3 Å². The SMILES string of the molecule is CCc1ccc(N2C(CO)CNCCC2(C)C)cc1. The topological polar surface area (TPSA) is 35.5 Å². The summed E-state index contributed by atoms with van der Waals surface area (Å²) in [5, 5.41) is 13.1. The normalized spacial score (nSPS) is 23.2. The molecule has 1 aliphatic rings. The molecule has 1 heterocycles. The maximum Gasteiger partial charge on any atom is 0.0650 e. The van der Waals surface area contributed by atoms with E-state index in [9.17, 15) is 5.11 Å². The van der Waals surface area contributed by atoms with E-state index in [4.69, 9.17) is 0 Å². The van der Waals surface area contributed by atoms with Gasteiger partial charge in [-0.3, -0.25) is 0 Å². The molecule has 0 radical (unpaired) electrons. The van der Waals surface area contributed by atoms with E-state index < -0.39 is 0 Å². The molecule has 106 valence electrons. The number of hydrogen-bond acceptors (Lipinski definition) is 3. The summed E-state index contributed by atoms with van der Waals surface area (Å²) in [5.41, 5.74) is 2.63. The van der Waals surface area contributed by atoms with E-state index in [0.717, 1.165) is 25.9 Å². The Morgan fingerprint density at radius 3 is 2.58 bits per heavy atom. The van der Waals surface area contributed by atoms with Crippen LogP contribution in [-0.4, -0.2) is 36.4 Å². The van der Waals surface area contributed by atoms with Gasteiger partial charge in [0, 0.05) is 17.8 Å². The van der Waals surface area contributed by atoms with Gasteiger partial charge in [0.15, 0.2) is 0 Å². The van der Waals surface area contributed by atoms with Gasteiger partial charge in [0.1, 0.15) is 0 Å². The van der Waals surface area contributed by atoms with Crippen LogP contribution >= 0.6 is 0 Å². The lowest BCUT2D eigenvalue weighted by Gasteiger charge is -2.43. The van der Waals surface area contributed by atoms with E-state index in [2.05, 4.69) is 55.3 Å². The number of aliphatic hydroxyl groups is 1.